The maximum Gasteiger partial charge on any atom is 0.252 e. The zero-order valence-corrected chi connectivity index (χ0v) is 14.3. The molecule has 1 fully saturated rings. The van der Waals surface area contributed by atoms with Crippen molar-refractivity contribution in [1.29, 1.82) is 0 Å². The van der Waals surface area contributed by atoms with Crippen molar-refractivity contribution in [1.82, 2.24) is 10.2 Å². The molecule has 0 aromatic heterocycles. The molecule has 3 rings (SSSR count). The molecule has 25 heavy (non-hydrogen) atoms. The van der Waals surface area contributed by atoms with Crippen LogP contribution in [0.3, 0.4) is 0 Å². The van der Waals surface area contributed by atoms with Crippen molar-refractivity contribution in [3.8, 4) is 0 Å². The first-order valence-corrected chi connectivity index (χ1v) is 8.88. The van der Waals surface area contributed by atoms with Gasteiger partial charge in [0.2, 0.25) is 5.91 Å². The lowest BCUT2D eigenvalue weighted by molar-refractivity contribution is -0.134. The third-order valence-electron chi connectivity index (χ3n) is 4.72. The van der Waals surface area contributed by atoms with Gasteiger partial charge in [-0.25, -0.2) is 0 Å². The number of likely N-dealkylation sites (tertiary alicyclic amines) is 1. The average molecular weight is 340 g/mol. The summed E-state index contributed by atoms with van der Waals surface area (Å²) in [6, 6.07) is 12.3. The van der Waals surface area contributed by atoms with E-state index in [1.165, 1.54) is 0 Å². The second kappa shape index (κ2) is 8.12. The summed E-state index contributed by atoms with van der Waals surface area (Å²) in [4.78, 5) is 26.9. The molecule has 0 saturated carbocycles. The molecular weight excluding hydrogens is 316 g/mol. The number of aliphatic hydroxyl groups is 1. The van der Waals surface area contributed by atoms with Crippen molar-refractivity contribution in [2.45, 2.75) is 31.7 Å². The SMILES string of the molecule is O=C(NC(CO)C(=O)N1CCCCCC1)c1ccc2ccccc2c1. The number of carbonyl (C=O) groups excluding carboxylic acids is 2. The number of amides is 2. The van der Waals surface area contributed by atoms with Crippen LogP contribution >= 0.6 is 0 Å². The summed E-state index contributed by atoms with van der Waals surface area (Å²) in [7, 11) is 0. The van der Waals surface area contributed by atoms with Crippen LogP contribution in [0.25, 0.3) is 10.8 Å². The Morgan fingerprint density at radius 2 is 1.68 bits per heavy atom. The van der Waals surface area contributed by atoms with Crippen LogP contribution in [0, 0.1) is 0 Å². The van der Waals surface area contributed by atoms with Crippen molar-refractivity contribution < 1.29 is 14.7 Å². The zero-order chi connectivity index (χ0) is 17.6. The molecule has 2 aromatic carbocycles. The minimum Gasteiger partial charge on any atom is -0.394 e. The Kier molecular flexibility index (Phi) is 5.66. The number of nitrogens with one attached hydrogen (secondary N) is 1. The molecule has 0 spiro atoms. The molecule has 0 aliphatic carbocycles. The first-order chi connectivity index (χ1) is 12.2. The van der Waals surface area contributed by atoms with Gasteiger partial charge in [0.1, 0.15) is 6.04 Å². The molecule has 0 radical (unpaired) electrons. The van der Waals surface area contributed by atoms with Crippen LogP contribution in [0.5, 0.6) is 0 Å². The van der Waals surface area contributed by atoms with E-state index in [0.717, 1.165) is 36.5 Å². The predicted octanol–water partition coefficient (Wildman–Crippen LogP) is 2.33. The molecule has 2 amide bonds. The lowest BCUT2D eigenvalue weighted by Crippen LogP contribution is -2.50. The van der Waals surface area contributed by atoms with E-state index < -0.39 is 12.6 Å². The summed E-state index contributed by atoms with van der Waals surface area (Å²) in [5.74, 6) is -0.536. The van der Waals surface area contributed by atoms with Crippen LogP contribution in [-0.4, -0.2) is 47.6 Å². The van der Waals surface area contributed by atoms with Gasteiger partial charge in [-0.2, -0.15) is 0 Å². The summed E-state index contributed by atoms with van der Waals surface area (Å²) in [5, 5.41) is 14.3. The van der Waals surface area contributed by atoms with E-state index in [1.807, 2.05) is 30.3 Å². The Balaban J connectivity index is 1.71. The molecular formula is C20H24N2O3. The van der Waals surface area contributed by atoms with Crippen LogP contribution in [-0.2, 0) is 4.79 Å². The Bertz CT molecular complexity index is 751. The fourth-order valence-electron chi connectivity index (χ4n) is 3.27. The highest BCUT2D eigenvalue weighted by Crippen LogP contribution is 2.16. The summed E-state index contributed by atoms with van der Waals surface area (Å²) >= 11 is 0. The standard InChI is InChI=1S/C20H24N2O3/c23-14-18(20(25)22-11-5-1-2-6-12-22)21-19(24)17-10-9-15-7-3-4-8-16(15)13-17/h3-4,7-10,13,18,23H,1-2,5-6,11-12,14H2,(H,21,24). The molecule has 0 bridgehead atoms. The van der Waals surface area contributed by atoms with E-state index in [0.29, 0.717) is 18.7 Å². The van der Waals surface area contributed by atoms with E-state index in [9.17, 15) is 14.7 Å². The highest BCUT2D eigenvalue weighted by atomic mass is 16.3. The van der Waals surface area contributed by atoms with E-state index in [4.69, 9.17) is 0 Å². The number of fused-ring (bicyclic) bond motifs is 1. The van der Waals surface area contributed by atoms with Crippen LogP contribution in [0.15, 0.2) is 42.5 Å². The molecule has 1 heterocycles. The van der Waals surface area contributed by atoms with Crippen molar-refractivity contribution >= 4 is 22.6 Å². The minimum atomic E-state index is -0.892. The Labute approximate surface area is 147 Å². The quantitative estimate of drug-likeness (QED) is 0.897. The molecule has 1 aliphatic rings. The van der Waals surface area contributed by atoms with Gasteiger partial charge >= 0.3 is 0 Å². The van der Waals surface area contributed by atoms with Gasteiger partial charge in [-0.05, 0) is 35.7 Å². The normalized spacial score (nSPS) is 16.3. The molecule has 132 valence electrons. The summed E-state index contributed by atoms with van der Waals surface area (Å²) < 4.78 is 0. The molecule has 2 N–H and O–H groups in total. The Morgan fingerprint density at radius 3 is 2.36 bits per heavy atom. The monoisotopic (exact) mass is 340 g/mol. The van der Waals surface area contributed by atoms with Crippen molar-refractivity contribution in [2.75, 3.05) is 19.7 Å². The van der Waals surface area contributed by atoms with E-state index in [-0.39, 0.29) is 11.8 Å². The summed E-state index contributed by atoms with van der Waals surface area (Å²) in [5.41, 5.74) is 0.487. The smallest absolute Gasteiger partial charge is 0.252 e. The zero-order valence-electron chi connectivity index (χ0n) is 14.3. The Hall–Kier alpha value is -2.40. The van der Waals surface area contributed by atoms with Crippen LogP contribution in [0.4, 0.5) is 0 Å². The van der Waals surface area contributed by atoms with Crippen LogP contribution < -0.4 is 5.32 Å². The van der Waals surface area contributed by atoms with Gasteiger partial charge in [0.05, 0.1) is 6.61 Å². The van der Waals surface area contributed by atoms with Crippen molar-refractivity contribution in [3.05, 3.63) is 48.0 Å². The summed E-state index contributed by atoms with van der Waals surface area (Å²) in [6.45, 7) is 0.997. The van der Waals surface area contributed by atoms with Gasteiger partial charge in [-0.1, -0.05) is 43.2 Å². The topological polar surface area (TPSA) is 69.6 Å². The van der Waals surface area contributed by atoms with Gasteiger partial charge in [0.15, 0.2) is 0 Å². The fraction of sp³-hybridized carbons (Fsp3) is 0.400. The first kappa shape index (κ1) is 17.4. The molecule has 1 atom stereocenters. The highest BCUT2D eigenvalue weighted by Gasteiger charge is 2.26. The number of aliphatic hydroxyl groups excluding tert-OH is 1. The molecule has 1 aliphatic heterocycles. The second-order valence-corrected chi connectivity index (χ2v) is 6.51. The third-order valence-corrected chi connectivity index (χ3v) is 4.72. The van der Waals surface area contributed by atoms with Gasteiger partial charge in [-0.3, -0.25) is 9.59 Å². The van der Waals surface area contributed by atoms with Crippen molar-refractivity contribution in [3.63, 3.8) is 0 Å². The van der Waals surface area contributed by atoms with Gasteiger partial charge < -0.3 is 15.3 Å². The molecule has 1 unspecified atom stereocenters. The van der Waals surface area contributed by atoms with E-state index in [2.05, 4.69) is 5.32 Å². The van der Waals surface area contributed by atoms with E-state index >= 15 is 0 Å². The lowest BCUT2D eigenvalue weighted by Gasteiger charge is -2.25. The summed E-state index contributed by atoms with van der Waals surface area (Å²) in [6.07, 6.45) is 4.19. The second-order valence-electron chi connectivity index (χ2n) is 6.51. The van der Waals surface area contributed by atoms with Crippen molar-refractivity contribution in [2.24, 2.45) is 0 Å². The molecule has 5 heteroatoms. The third kappa shape index (κ3) is 4.17. The molecule has 2 aromatic rings. The number of benzene rings is 2. The van der Waals surface area contributed by atoms with Gasteiger partial charge in [0.25, 0.3) is 5.91 Å². The molecule has 1 saturated heterocycles. The fourth-order valence-corrected chi connectivity index (χ4v) is 3.27. The maximum absolute atomic E-state index is 12.6. The van der Waals surface area contributed by atoms with Crippen LogP contribution in [0.1, 0.15) is 36.0 Å². The maximum atomic E-state index is 12.6. The first-order valence-electron chi connectivity index (χ1n) is 8.88. The lowest BCUT2D eigenvalue weighted by atomic mass is 10.1. The van der Waals surface area contributed by atoms with E-state index in [1.54, 1.807) is 17.0 Å². The number of rotatable bonds is 4. The largest absolute Gasteiger partial charge is 0.394 e. The van der Waals surface area contributed by atoms with Gasteiger partial charge in [0, 0.05) is 18.7 Å². The number of carbonyl (C=O) groups is 2. The van der Waals surface area contributed by atoms with Gasteiger partial charge in [-0.15, -0.1) is 0 Å². The average Bonchev–Trinajstić information content (AvgIpc) is 2.94. The van der Waals surface area contributed by atoms with Crippen LogP contribution in [0.2, 0.25) is 0 Å². The number of hydrogen-bond donors (Lipinski definition) is 2. The molecule has 5 nitrogen and oxygen atoms in total. The number of nitrogens with zero attached hydrogens (tertiary/aromatic N) is 1. The minimum absolute atomic E-state index is 0.196. The Morgan fingerprint density at radius 1 is 1.00 bits per heavy atom. The number of hydrogen-bond acceptors (Lipinski definition) is 3. The highest BCUT2D eigenvalue weighted by molar-refractivity contribution is 6.00. The predicted molar refractivity (Wildman–Crippen MR) is 97.3 cm³/mol.